The first-order valence-corrected chi connectivity index (χ1v) is 11.6. The molecule has 5 nitrogen and oxygen atoms in total. The standard InChI is InChI=1S/C19H20INO4S/c1-24-18(22)15-8-13-9-17(14(13)10-16(15)19(23)25-2)21(26-20)11-12-6-4-3-5-7-12/h3-7,17H,8-11H2,1-2H3/t17-/m1/s1. The minimum Gasteiger partial charge on any atom is -0.466 e. The molecule has 0 saturated heterocycles. The topological polar surface area (TPSA) is 55.8 Å². The molecule has 26 heavy (non-hydrogen) atoms. The molecule has 0 heterocycles. The van der Waals surface area contributed by atoms with Crippen molar-refractivity contribution in [2.45, 2.75) is 31.8 Å². The summed E-state index contributed by atoms with van der Waals surface area (Å²) in [6.07, 6.45) is 1.85. The number of methoxy groups -OCH3 is 2. The van der Waals surface area contributed by atoms with E-state index in [4.69, 9.17) is 9.47 Å². The van der Waals surface area contributed by atoms with Gasteiger partial charge in [0.1, 0.15) is 0 Å². The van der Waals surface area contributed by atoms with Gasteiger partial charge < -0.3 is 9.47 Å². The lowest BCUT2D eigenvalue weighted by atomic mass is 9.72. The first-order valence-electron chi connectivity index (χ1n) is 8.27. The first kappa shape index (κ1) is 19.4. The van der Waals surface area contributed by atoms with Crippen molar-refractivity contribution >= 4 is 42.3 Å². The quantitative estimate of drug-likeness (QED) is 0.263. The van der Waals surface area contributed by atoms with E-state index in [-0.39, 0.29) is 6.04 Å². The third-order valence-corrected chi connectivity index (χ3v) is 6.98. The highest BCUT2D eigenvalue weighted by atomic mass is 127. The smallest absolute Gasteiger partial charge is 0.334 e. The number of hydrogen-bond donors (Lipinski definition) is 0. The van der Waals surface area contributed by atoms with E-state index in [0.717, 1.165) is 13.0 Å². The monoisotopic (exact) mass is 485 g/mol. The second-order valence-corrected chi connectivity index (χ2v) is 8.06. The predicted octanol–water partition coefficient (Wildman–Crippen LogP) is 3.99. The van der Waals surface area contributed by atoms with E-state index < -0.39 is 11.9 Å². The van der Waals surface area contributed by atoms with Gasteiger partial charge in [0.25, 0.3) is 0 Å². The molecule has 2 aliphatic rings. The van der Waals surface area contributed by atoms with Crippen LogP contribution < -0.4 is 0 Å². The second-order valence-electron chi connectivity index (χ2n) is 6.27. The van der Waals surface area contributed by atoms with Gasteiger partial charge in [0.05, 0.1) is 25.4 Å². The molecule has 0 aromatic heterocycles. The third kappa shape index (κ3) is 3.84. The van der Waals surface area contributed by atoms with Crippen molar-refractivity contribution in [1.82, 2.24) is 4.31 Å². The van der Waals surface area contributed by atoms with E-state index in [2.05, 4.69) is 37.6 Å². The molecule has 2 aliphatic carbocycles. The van der Waals surface area contributed by atoms with Crippen molar-refractivity contribution in [2.24, 2.45) is 0 Å². The summed E-state index contributed by atoms with van der Waals surface area (Å²) in [4.78, 5) is 24.2. The Hall–Kier alpha value is -1.32. The molecule has 0 radical (unpaired) electrons. The van der Waals surface area contributed by atoms with Crippen LogP contribution in [0.5, 0.6) is 0 Å². The number of esters is 2. The highest BCUT2D eigenvalue weighted by molar-refractivity contribution is 14.2. The van der Waals surface area contributed by atoms with Crippen LogP contribution in [0.2, 0.25) is 0 Å². The van der Waals surface area contributed by atoms with E-state index in [1.54, 1.807) is 9.12 Å². The fourth-order valence-corrected chi connectivity index (χ4v) is 5.23. The Labute approximate surface area is 169 Å². The number of benzene rings is 1. The van der Waals surface area contributed by atoms with Gasteiger partial charge in [-0.15, -0.1) is 0 Å². The number of ether oxygens (including phenoxy) is 2. The number of rotatable bonds is 6. The summed E-state index contributed by atoms with van der Waals surface area (Å²) in [6, 6.07) is 10.6. The average molecular weight is 485 g/mol. The molecule has 1 aromatic rings. The van der Waals surface area contributed by atoms with Crippen molar-refractivity contribution in [2.75, 3.05) is 14.2 Å². The zero-order valence-electron chi connectivity index (χ0n) is 14.7. The molecule has 0 spiro atoms. The van der Waals surface area contributed by atoms with Gasteiger partial charge >= 0.3 is 11.9 Å². The molecule has 138 valence electrons. The number of hydrogen-bond acceptors (Lipinski definition) is 6. The number of nitrogens with zero attached hydrogens (tertiary/aromatic N) is 1. The highest BCUT2D eigenvalue weighted by Gasteiger charge is 2.41. The van der Waals surface area contributed by atoms with Crippen LogP contribution in [0.15, 0.2) is 52.6 Å². The zero-order valence-corrected chi connectivity index (χ0v) is 17.6. The molecule has 1 atom stereocenters. The lowest BCUT2D eigenvalue weighted by Gasteiger charge is -2.42. The van der Waals surface area contributed by atoms with Gasteiger partial charge in [-0.2, -0.15) is 0 Å². The van der Waals surface area contributed by atoms with Crippen molar-refractivity contribution < 1.29 is 19.1 Å². The van der Waals surface area contributed by atoms with E-state index in [1.165, 1.54) is 30.9 Å². The number of carbonyl (C=O) groups excluding carboxylic acids is 2. The van der Waals surface area contributed by atoms with Crippen LogP contribution in [0.1, 0.15) is 24.8 Å². The van der Waals surface area contributed by atoms with Crippen LogP contribution in [0.25, 0.3) is 0 Å². The van der Waals surface area contributed by atoms with Crippen LogP contribution in [0.3, 0.4) is 0 Å². The van der Waals surface area contributed by atoms with E-state index in [0.29, 0.717) is 24.0 Å². The van der Waals surface area contributed by atoms with E-state index in [9.17, 15) is 9.59 Å². The Bertz CT molecular complexity index is 775. The van der Waals surface area contributed by atoms with Gasteiger partial charge in [0.2, 0.25) is 0 Å². The number of halogens is 1. The molecule has 7 heteroatoms. The van der Waals surface area contributed by atoms with Crippen LogP contribution in [0, 0.1) is 0 Å². The maximum atomic E-state index is 12.2. The Morgan fingerprint density at radius 2 is 1.73 bits per heavy atom. The average Bonchev–Trinajstić information content (AvgIpc) is 2.67. The molecule has 0 N–H and O–H groups in total. The molecule has 0 aliphatic heterocycles. The van der Waals surface area contributed by atoms with Crippen LogP contribution in [-0.4, -0.2) is 36.5 Å². The molecule has 0 unspecified atom stereocenters. The normalized spacial score (nSPS) is 19.2. The fraction of sp³-hybridized carbons (Fsp3) is 0.368. The van der Waals surface area contributed by atoms with E-state index >= 15 is 0 Å². The molecule has 1 aromatic carbocycles. The van der Waals surface area contributed by atoms with Gasteiger partial charge in [-0.3, -0.25) is 0 Å². The lowest BCUT2D eigenvalue weighted by molar-refractivity contribution is -0.139. The minimum atomic E-state index is -0.445. The first-order chi connectivity index (χ1) is 12.6. The summed E-state index contributed by atoms with van der Waals surface area (Å²) >= 11 is 2.30. The minimum absolute atomic E-state index is 0.269. The molecule has 3 rings (SSSR count). The predicted molar refractivity (Wildman–Crippen MR) is 109 cm³/mol. The molecule has 0 saturated carbocycles. The fourth-order valence-electron chi connectivity index (χ4n) is 3.50. The van der Waals surface area contributed by atoms with Crippen molar-refractivity contribution in [1.29, 1.82) is 0 Å². The largest absolute Gasteiger partial charge is 0.466 e. The van der Waals surface area contributed by atoms with Gasteiger partial charge in [-0.1, -0.05) is 35.9 Å². The number of carbonyl (C=O) groups is 2. The van der Waals surface area contributed by atoms with Gasteiger partial charge in [-0.05, 0) is 26.7 Å². The Balaban J connectivity index is 1.79. The molecular formula is C19H20INO4S. The van der Waals surface area contributed by atoms with E-state index in [1.807, 2.05) is 18.2 Å². The highest BCUT2D eigenvalue weighted by Crippen LogP contribution is 2.47. The summed E-state index contributed by atoms with van der Waals surface area (Å²) in [5.41, 5.74) is 4.60. The summed E-state index contributed by atoms with van der Waals surface area (Å²) in [7, 11) is 4.36. The Morgan fingerprint density at radius 1 is 1.12 bits per heavy atom. The van der Waals surface area contributed by atoms with Crippen LogP contribution >= 0.6 is 30.3 Å². The maximum absolute atomic E-state index is 12.2. The summed E-state index contributed by atoms with van der Waals surface area (Å²) in [5.74, 6) is -0.885. The molecule has 0 fully saturated rings. The second kappa shape index (κ2) is 8.58. The lowest BCUT2D eigenvalue weighted by Crippen LogP contribution is -2.40. The van der Waals surface area contributed by atoms with Gasteiger partial charge in [-0.25, -0.2) is 13.9 Å². The van der Waals surface area contributed by atoms with Crippen molar-refractivity contribution in [3.05, 3.63) is 58.2 Å². The zero-order chi connectivity index (χ0) is 18.7. The van der Waals surface area contributed by atoms with Crippen molar-refractivity contribution in [3.63, 3.8) is 0 Å². The molecule has 0 amide bonds. The Kier molecular flexibility index (Phi) is 6.42. The maximum Gasteiger partial charge on any atom is 0.334 e. The summed E-state index contributed by atoms with van der Waals surface area (Å²) < 4.78 is 12.1. The SMILES string of the molecule is COC(=O)C1=C(C(=O)OC)CC2=C(C1)C[C@H]2N(Cc1ccccc1)SI. The summed E-state index contributed by atoms with van der Waals surface area (Å²) in [5, 5.41) is 0. The van der Waals surface area contributed by atoms with Gasteiger partial charge in [0, 0.05) is 46.6 Å². The van der Waals surface area contributed by atoms with Gasteiger partial charge in [0.15, 0.2) is 0 Å². The Morgan fingerprint density at radius 3 is 2.31 bits per heavy atom. The molecule has 0 bridgehead atoms. The third-order valence-electron chi connectivity index (χ3n) is 4.90. The summed E-state index contributed by atoms with van der Waals surface area (Å²) in [6.45, 7) is 0.830. The van der Waals surface area contributed by atoms with Crippen LogP contribution in [0.4, 0.5) is 0 Å². The molecular weight excluding hydrogens is 465 g/mol. The van der Waals surface area contributed by atoms with Crippen molar-refractivity contribution in [3.8, 4) is 0 Å². The van der Waals surface area contributed by atoms with Crippen LogP contribution in [-0.2, 0) is 25.6 Å².